The van der Waals surface area contributed by atoms with Gasteiger partial charge < -0.3 is 16.0 Å². The normalized spacial score (nSPS) is 13.0. The maximum Gasteiger partial charge on any atom is 0.256 e. The molecule has 1 aliphatic rings. The number of primary amides is 1. The average Bonchev–Trinajstić information content (AvgIpc) is 2.98. The lowest BCUT2D eigenvalue weighted by Gasteiger charge is -2.25. The fraction of sp³-hybridized carbons (Fsp3) is 0.263. The number of anilines is 1. The maximum absolute atomic E-state index is 12.5. The van der Waals surface area contributed by atoms with Gasteiger partial charge in [0.25, 0.3) is 11.8 Å². The van der Waals surface area contributed by atoms with Gasteiger partial charge in [-0.25, -0.2) is 0 Å². The fourth-order valence-electron chi connectivity index (χ4n) is 3.05. The summed E-state index contributed by atoms with van der Waals surface area (Å²) in [6.45, 7) is 3.87. The van der Waals surface area contributed by atoms with Gasteiger partial charge in [-0.1, -0.05) is 12.1 Å². The van der Waals surface area contributed by atoms with E-state index in [1.165, 1.54) is 25.2 Å². The van der Waals surface area contributed by atoms with Gasteiger partial charge in [0.1, 0.15) is 5.00 Å². The van der Waals surface area contributed by atoms with Crippen LogP contribution in [0.1, 0.15) is 55.4 Å². The highest BCUT2D eigenvalue weighted by molar-refractivity contribution is 7.17. The molecule has 3 amide bonds. The molecule has 0 saturated heterocycles. The van der Waals surface area contributed by atoms with E-state index in [-0.39, 0.29) is 11.7 Å². The van der Waals surface area contributed by atoms with Crippen molar-refractivity contribution in [3.8, 4) is 0 Å². The molecule has 1 aromatic heterocycles. The highest BCUT2D eigenvalue weighted by Gasteiger charge is 2.28. The first-order valence-corrected chi connectivity index (χ1v) is 9.21. The van der Waals surface area contributed by atoms with E-state index in [9.17, 15) is 19.2 Å². The van der Waals surface area contributed by atoms with Crippen LogP contribution in [0.4, 0.5) is 5.00 Å². The van der Waals surface area contributed by atoms with E-state index >= 15 is 0 Å². The molecule has 0 atom stereocenters. The molecular weight excluding hydrogens is 366 g/mol. The molecule has 2 heterocycles. The third-order valence-corrected chi connectivity index (χ3v) is 5.66. The SMILES string of the molecule is CC(=O)c1ccc(C(=O)Nc2sc3c(c2C(N)=O)CCN(C(C)=O)C3)cc1. The Morgan fingerprint density at radius 2 is 1.70 bits per heavy atom. The van der Waals surface area contributed by atoms with Crippen LogP contribution in [0.25, 0.3) is 0 Å². The summed E-state index contributed by atoms with van der Waals surface area (Å²) in [7, 11) is 0. The van der Waals surface area contributed by atoms with E-state index in [4.69, 9.17) is 5.73 Å². The lowest BCUT2D eigenvalue weighted by molar-refractivity contribution is -0.129. The van der Waals surface area contributed by atoms with Crippen LogP contribution in [-0.2, 0) is 17.8 Å². The Labute approximate surface area is 160 Å². The van der Waals surface area contributed by atoms with Crippen LogP contribution in [0.3, 0.4) is 0 Å². The summed E-state index contributed by atoms with van der Waals surface area (Å²) >= 11 is 1.26. The van der Waals surface area contributed by atoms with Crippen LogP contribution in [0, 0.1) is 0 Å². The number of amides is 3. The Balaban J connectivity index is 1.88. The van der Waals surface area contributed by atoms with Crippen molar-refractivity contribution in [3.63, 3.8) is 0 Å². The lowest BCUT2D eigenvalue weighted by atomic mass is 10.0. The second-order valence-corrected chi connectivity index (χ2v) is 7.46. The third-order valence-electron chi connectivity index (χ3n) is 4.53. The molecule has 8 heteroatoms. The van der Waals surface area contributed by atoms with Crippen molar-refractivity contribution in [1.29, 1.82) is 0 Å². The zero-order valence-corrected chi connectivity index (χ0v) is 15.8. The first kappa shape index (κ1) is 18.8. The number of carbonyl (C=O) groups is 4. The highest BCUT2D eigenvalue weighted by Crippen LogP contribution is 2.37. The number of Topliss-reactive ketones (excluding diaryl/α,β-unsaturated/α-hetero) is 1. The zero-order chi connectivity index (χ0) is 19.7. The molecule has 0 radical (unpaired) electrons. The molecule has 7 nitrogen and oxygen atoms in total. The van der Waals surface area contributed by atoms with Crippen LogP contribution in [0.15, 0.2) is 24.3 Å². The smallest absolute Gasteiger partial charge is 0.256 e. The first-order valence-electron chi connectivity index (χ1n) is 8.40. The van der Waals surface area contributed by atoms with Gasteiger partial charge in [0.05, 0.1) is 12.1 Å². The predicted octanol–water partition coefficient (Wildman–Crippen LogP) is 2.21. The van der Waals surface area contributed by atoms with Gasteiger partial charge in [0.15, 0.2) is 5.78 Å². The molecule has 3 N–H and O–H groups in total. The van der Waals surface area contributed by atoms with Crippen LogP contribution in [0.5, 0.6) is 0 Å². The number of ketones is 1. The number of nitrogens with two attached hydrogens (primary N) is 1. The number of fused-ring (bicyclic) bond motifs is 1. The monoisotopic (exact) mass is 385 g/mol. The molecule has 0 fully saturated rings. The van der Waals surface area contributed by atoms with Gasteiger partial charge in [-0.2, -0.15) is 0 Å². The Morgan fingerprint density at radius 3 is 2.26 bits per heavy atom. The standard InChI is InChI=1S/C19H19N3O4S/c1-10(23)12-3-5-13(6-4-12)18(26)21-19-16(17(20)25)14-7-8-22(11(2)24)9-15(14)27-19/h3-6H,7-9H2,1-2H3,(H2,20,25)(H,21,26). The minimum Gasteiger partial charge on any atom is -0.365 e. The molecule has 0 bridgehead atoms. The van der Waals surface area contributed by atoms with Gasteiger partial charge in [-0.3, -0.25) is 19.2 Å². The highest BCUT2D eigenvalue weighted by atomic mass is 32.1. The Kier molecular flexibility index (Phi) is 5.09. The molecular formula is C19H19N3O4S. The predicted molar refractivity (Wildman–Crippen MR) is 102 cm³/mol. The quantitative estimate of drug-likeness (QED) is 0.786. The Hall–Kier alpha value is -3.00. The van der Waals surface area contributed by atoms with Gasteiger partial charge in [-0.15, -0.1) is 11.3 Å². The average molecular weight is 385 g/mol. The number of thiophene rings is 1. The first-order chi connectivity index (χ1) is 12.8. The van der Waals surface area contributed by atoms with Gasteiger partial charge in [-0.05, 0) is 31.0 Å². The van der Waals surface area contributed by atoms with Crippen molar-refractivity contribution >= 4 is 39.8 Å². The minimum atomic E-state index is -0.606. The number of nitrogens with one attached hydrogen (secondary N) is 1. The van der Waals surface area contributed by atoms with E-state index < -0.39 is 11.8 Å². The summed E-state index contributed by atoms with van der Waals surface area (Å²) in [5, 5.41) is 3.14. The summed E-state index contributed by atoms with van der Waals surface area (Å²) in [6, 6.07) is 6.27. The van der Waals surface area contributed by atoms with Crippen molar-refractivity contribution in [2.75, 3.05) is 11.9 Å². The molecule has 0 aliphatic carbocycles. The molecule has 140 valence electrons. The number of nitrogens with zero attached hydrogens (tertiary/aromatic N) is 1. The summed E-state index contributed by atoms with van der Waals surface area (Å²) in [5.74, 6) is -1.12. The van der Waals surface area contributed by atoms with Crippen molar-refractivity contribution in [1.82, 2.24) is 4.90 Å². The second-order valence-electron chi connectivity index (χ2n) is 6.35. The van der Waals surface area contributed by atoms with E-state index in [1.807, 2.05) is 0 Å². The van der Waals surface area contributed by atoms with Gasteiger partial charge >= 0.3 is 0 Å². The summed E-state index contributed by atoms with van der Waals surface area (Å²) in [4.78, 5) is 50.0. The van der Waals surface area contributed by atoms with E-state index in [2.05, 4.69) is 5.32 Å². The number of hydrogen-bond acceptors (Lipinski definition) is 5. The van der Waals surface area contributed by atoms with E-state index in [1.54, 1.807) is 29.2 Å². The lowest BCUT2D eigenvalue weighted by Crippen LogP contribution is -2.34. The molecule has 0 saturated carbocycles. The molecule has 1 aromatic carbocycles. The number of hydrogen-bond donors (Lipinski definition) is 2. The van der Waals surface area contributed by atoms with Crippen molar-refractivity contribution < 1.29 is 19.2 Å². The number of rotatable bonds is 4. The van der Waals surface area contributed by atoms with E-state index in [0.29, 0.717) is 41.2 Å². The molecule has 0 spiro atoms. The molecule has 2 aromatic rings. The van der Waals surface area contributed by atoms with Crippen molar-refractivity contribution in [2.45, 2.75) is 26.8 Å². The number of benzene rings is 1. The second kappa shape index (κ2) is 7.32. The van der Waals surface area contributed by atoms with Crippen molar-refractivity contribution in [3.05, 3.63) is 51.4 Å². The fourth-order valence-corrected chi connectivity index (χ4v) is 4.32. The zero-order valence-electron chi connectivity index (χ0n) is 15.0. The van der Waals surface area contributed by atoms with Crippen LogP contribution in [-0.4, -0.2) is 34.9 Å². The Bertz CT molecular complexity index is 947. The maximum atomic E-state index is 12.5. The van der Waals surface area contributed by atoms with Crippen LogP contribution < -0.4 is 11.1 Å². The topological polar surface area (TPSA) is 110 Å². The summed E-state index contributed by atoms with van der Waals surface area (Å²) in [6.07, 6.45) is 0.521. The summed E-state index contributed by atoms with van der Waals surface area (Å²) in [5.41, 5.74) is 7.54. The third kappa shape index (κ3) is 3.75. The van der Waals surface area contributed by atoms with E-state index in [0.717, 1.165) is 10.4 Å². The van der Waals surface area contributed by atoms with Crippen molar-refractivity contribution in [2.24, 2.45) is 5.73 Å². The largest absolute Gasteiger partial charge is 0.365 e. The number of carbonyl (C=O) groups excluding carboxylic acids is 4. The molecule has 3 rings (SSSR count). The molecule has 0 unspecified atom stereocenters. The van der Waals surface area contributed by atoms with Gasteiger partial charge in [0, 0.05) is 29.5 Å². The Morgan fingerprint density at radius 1 is 1.07 bits per heavy atom. The summed E-state index contributed by atoms with van der Waals surface area (Å²) < 4.78 is 0. The van der Waals surface area contributed by atoms with Gasteiger partial charge in [0.2, 0.25) is 5.91 Å². The minimum absolute atomic E-state index is 0.0363. The molecule has 27 heavy (non-hydrogen) atoms. The van der Waals surface area contributed by atoms with Crippen LogP contribution >= 0.6 is 11.3 Å². The van der Waals surface area contributed by atoms with Crippen LogP contribution in [0.2, 0.25) is 0 Å². The molecule has 1 aliphatic heterocycles.